The van der Waals surface area contributed by atoms with E-state index >= 15 is 0 Å². The molecule has 0 saturated heterocycles. The normalized spacial score (nSPS) is 12.2. The van der Waals surface area contributed by atoms with Gasteiger partial charge in [0.05, 0.1) is 5.25 Å². The smallest absolute Gasteiger partial charge is 0.197 e. The minimum Gasteiger partial charge on any atom is -0.471 e. The summed E-state index contributed by atoms with van der Waals surface area (Å²) in [6.07, 6.45) is 1.17. The van der Waals surface area contributed by atoms with Gasteiger partial charge < -0.3 is 4.74 Å². The highest BCUT2D eigenvalue weighted by atomic mass is 35.5. The van der Waals surface area contributed by atoms with E-state index in [0.29, 0.717) is 5.94 Å². The van der Waals surface area contributed by atoms with Crippen molar-refractivity contribution in [2.75, 3.05) is 5.94 Å². The van der Waals surface area contributed by atoms with Crippen LogP contribution in [0.25, 0.3) is 0 Å². The van der Waals surface area contributed by atoms with Gasteiger partial charge in [0.15, 0.2) is 6.40 Å². The summed E-state index contributed by atoms with van der Waals surface area (Å²) in [5, 5.41) is 7.05. The first-order valence-corrected chi connectivity index (χ1v) is 7.66. The average molecular weight is 320 g/mol. The van der Waals surface area contributed by atoms with Crippen molar-refractivity contribution >= 4 is 29.8 Å². The third-order valence-electron chi connectivity index (χ3n) is 2.76. The fourth-order valence-corrected chi connectivity index (χ4v) is 2.95. The van der Waals surface area contributed by atoms with E-state index in [9.17, 15) is 0 Å². The highest BCUT2D eigenvalue weighted by Gasteiger charge is 2.14. The molecule has 0 spiro atoms. The molecule has 0 aliphatic heterocycles. The largest absolute Gasteiger partial charge is 0.471 e. The molecule has 0 heterocycles. The molecule has 0 aliphatic rings. The van der Waals surface area contributed by atoms with E-state index in [1.165, 1.54) is 12.0 Å². The first kappa shape index (κ1) is 15.5. The number of thioether (sulfide) groups is 1. The Hall–Kier alpha value is -1.85. The minimum atomic E-state index is 0.143. The van der Waals surface area contributed by atoms with Crippen molar-refractivity contribution in [2.24, 2.45) is 10.3 Å². The van der Waals surface area contributed by atoms with Crippen LogP contribution >= 0.6 is 23.4 Å². The summed E-state index contributed by atoms with van der Waals surface area (Å²) in [7, 11) is 0. The van der Waals surface area contributed by atoms with Crippen molar-refractivity contribution in [3.8, 4) is 0 Å². The number of ether oxygens (including phenoxy) is 1. The van der Waals surface area contributed by atoms with Crippen LogP contribution in [0.15, 0.2) is 64.9 Å². The zero-order valence-electron chi connectivity index (χ0n) is 11.1. The maximum absolute atomic E-state index is 6.54. The summed E-state index contributed by atoms with van der Waals surface area (Å²) < 4.78 is 5.20. The van der Waals surface area contributed by atoms with E-state index in [-0.39, 0.29) is 5.25 Å². The van der Waals surface area contributed by atoms with Crippen molar-refractivity contribution in [1.82, 2.24) is 0 Å². The van der Waals surface area contributed by atoms with Gasteiger partial charge in [-0.3, -0.25) is 0 Å². The molecule has 0 bridgehead atoms. The van der Waals surface area contributed by atoms with E-state index in [2.05, 4.69) is 22.5 Å². The van der Waals surface area contributed by atoms with Crippen LogP contribution in [0.2, 0.25) is 5.02 Å². The molecule has 1 unspecified atom stereocenters. The number of nitrogens with zero attached hydrogens (tertiary/aromatic N) is 2. The third kappa shape index (κ3) is 4.88. The van der Waals surface area contributed by atoms with Crippen LogP contribution in [0.4, 0.5) is 0 Å². The molecule has 6 heteroatoms. The lowest BCUT2D eigenvalue weighted by Gasteiger charge is -2.17. The van der Waals surface area contributed by atoms with Gasteiger partial charge in [-0.25, -0.2) is 0 Å². The Morgan fingerprint density at radius 1 is 1.10 bits per heavy atom. The predicted octanol–water partition coefficient (Wildman–Crippen LogP) is 5.11. The summed E-state index contributed by atoms with van der Waals surface area (Å²) in [5.74, 6) is 0.418. The van der Waals surface area contributed by atoms with E-state index in [4.69, 9.17) is 21.9 Å². The molecule has 2 rings (SSSR count). The molecular weight excluding hydrogens is 306 g/mol. The second-order valence-electron chi connectivity index (χ2n) is 4.11. The Bertz CT molecular complexity index is 590. The molecule has 4 nitrogen and oxygen atoms in total. The molecule has 0 radical (unpaired) electrons. The second-order valence-corrected chi connectivity index (χ2v) is 5.59. The lowest BCUT2D eigenvalue weighted by atomic mass is 10.0. The number of hydrogen-bond donors (Lipinski definition) is 1. The van der Waals surface area contributed by atoms with Gasteiger partial charge in [-0.15, -0.1) is 16.9 Å². The summed E-state index contributed by atoms with van der Waals surface area (Å²) >= 11 is 7.57. The third-order valence-corrected chi connectivity index (χ3v) is 4.16. The van der Waals surface area contributed by atoms with Gasteiger partial charge in [-0.2, -0.15) is 5.53 Å². The molecule has 2 aromatic rings. The summed E-state index contributed by atoms with van der Waals surface area (Å²) in [6.45, 7) is 0. The van der Waals surface area contributed by atoms with Crippen LogP contribution in [0, 0.1) is 5.53 Å². The Balaban J connectivity index is 2.13. The summed E-state index contributed by atoms with van der Waals surface area (Å²) in [6, 6.07) is 18.0. The molecule has 108 valence electrons. The van der Waals surface area contributed by atoms with Crippen LogP contribution in [0.3, 0.4) is 0 Å². The Morgan fingerprint density at radius 3 is 2.43 bits per heavy atom. The van der Waals surface area contributed by atoms with Crippen molar-refractivity contribution < 1.29 is 4.74 Å². The molecular formula is C15H14ClN3OS. The maximum Gasteiger partial charge on any atom is 0.197 e. The Morgan fingerprint density at radius 2 is 1.76 bits per heavy atom. The number of nitrogens with one attached hydrogen (secondary N) is 1. The maximum atomic E-state index is 6.54. The number of hydrogen-bond acceptors (Lipinski definition) is 4. The zero-order valence-corrected chi connectivity index (χ0v) is 12.7. The fraction of sp³-hybridized carbons (Fsp3) is 0.133. The summed E-state index contributed by atoms with van der Waals surface area (Å²) in [4.78, 5) is 0. The first-order valence-electron chi connectivity index (χ1n) is 6.23. The second kappa shape index (κ2) is 8.44. The van der Waals surface area contributed by atoms with Gasteiger partial charge >= 0.3 is 0 Å². The van der Waals surface area contributed by atoms with Crippen LogP contribution in [-0.4, -0.2) is 12.3 Å². The minimum absolute atomic E-state index is 0.143. The molecule has 1 N–H and O–H groups in total. The van der Waals surface area contributed by atoms with Crippen LogP contribution in [-0.2, 0) is 4.74 Å². The monoisotopic (exact) mass is 319 g/mol. The highest BCUT2D eigenvalue weighted by molar-refractivity contribution is 7.99. The first-order chi connectivity index (χ1) is 10.3. The molecule has 0 amide bonds. The molecule has 0 saturated carbocycles. The topological polar surface area (TPSA) is 57.8 Å². The highest BCUT2D eigenvalue weighted by Crippen LogP contribution is 2.35. The van der Waals surface area contributed by atoms with Crippen molar-refractivity contribution in [3.63, 3.8) is 0 Å². The van der Waals surface area contributed by atoms with Crippen molar-refractivity contribution in [3.05, 3.63) is 70.7 Å². The van der Waals surface area contributed by atoms with Gasteiger partial charge in [0, 0.05) is 5.02 Å². The fourth-order valence-electron chi connectivity index (χ4n) is 1.84. The van der Waals surface area contributed by atoms with E-state index in [1.807, 2.05) is 42.5 Å². The predicted molar refractivity (Wildman–Crippen MR) is 86.9 cm³/mol. The van der Waals surface area contributed by atoms with Crippen molar-refractivity contribution in [1.29, 1.82) is 5.53 Å². The van der Waals surface area contributed by atoms with Gasteiger partial charge in [0.2, 0.25) is 0 Å². The van der Waals surface area contributed by atoms with Crippen molar-refractivity contribution in [2.45, 2.75) is 5.25 Å². The van der Waals surface area contributed by atoms with E-state index in [1.54, 1.807) is 11.8 Å². The van der Waals surface area contributed by atoms with Crippen LogP contribution in [0.1, 0.15) is 16.4 Å². The molecule has 0 fully saturated rings. The van der Waals surface area contributed by atoms with Crippen LogP contribution in [0.5, 0.6) is 0 Å². The molecule has 0 aliphatic carbocycles. The average Bonchev–Trinajstić information content (AvgIpc) is 2.53. The van der Waals surface area contributed by atoms with Gasteiger partial charge in [0.25, 0.3) is 0 Å². The molecule has 21 heavy (non-hydrogen) atoms. The Labute approximate surface area is 132 Å². The van der Waals surface area contributed by atoms with E-state index < -0.39 is 0 Å². The van der Waals surface area contributed by atoms with Gasteiger partial charge in [-0.05, 0) is 28.5 Å². The van der Waals surface area contributed by atoms with Gasteiger partial charge in [-0.1, -0.05) is 54.1 Å². The summed E-state index contributed by atoms with van der Waals surface area (Å²) in [5.41, 5.74) is 8.88. The quantitative estimate of drug-likeness (QED) is 0.192. The van der Waals surface area contributed by atoms with E-state index in [0.717, 1.165) is 10.6 Å². The molecule has 1 atom stereocenters. The number of benzene rings is 2. The number of halogens is 1. The Kier molecular flexibility index (Phi) is 6.24. The zero-order chi connectivity index (χ0) is 14.9. The molecule has 0 aromatic heterocycles. The van der Waals surface area contributed by atoms with Crippen LogP contribution < -0.4 is 0 Å². The standard InChI is InChI=1S/C15H14ClN3OS/c16-14-8-6-13(7-9-14)15(12-4-2-1-3-5-12)21-11-20-10-18-19-17/h1-10,15,17H,11H2/b18-10+,19-17?. The number of rotatable bonds is 7. The SMILES string of the molecule is N=N/N=C/OCSC(c1ccccc1)c1ccc(Cl)cc1. The lowest BCUT2D eigenvalue weighted by Crippen LogP contribution is -1.99. The van der Waals surface area contributed by atoms with Gasteiger partial charge in [0.1, 0.15) is 5.94 Å². The molecule has 2 aromatic carbocycles. The lowest BCUT2D eigenvalue weighted by molar-refractivity contribution is 0.397.